The van der Waals surface area contributed by atoms with Crippen LogP contribution in [0.3, 0.4) is 0 Å². The van der Waals surface area contributed by atoms with Crippen LogP contribution in [0.25, 0.3) is 0 Å². The molecule has 0 radical (unpaired) electrons. The third-order valence-electron chi connectivity index (χ3n) is 3.63. The Morgan fingerprint density at radius 1 is 0.885 bits per heavy atom. The molecule has 0 aliphatic carbocycles. The molecule has 0 unspecified atom stereocenters. The Labute approximate surface area is 156 Å². The van der Waals surface area contributed by atoms with Gasteiger partial charge in [-0.25, -0.2) is 0 Å². The first kappa shape index (κ1) is 17.6. The zero-order valence-corrected chi connectivity index (χ0v) is 14.7. The second-order valence-corrected chi connectivity index (χ2v) is 6.15. The quantitative estimate of drug-likeness (QED) is 0.712. The molecule has 26 heavy (non-hydrogen) atoms. The van der Waals surface area contributed by atoms with Gasteiger partial charge in [-0.1, -0.05) is 23.7 Å². The highest BCUT2D eigenvalue weighted by atomic mass is 35.5. The number of pyridine rings is 1. The molecule has 2 aromatic carbocycles. The second kappa shape index (κ2) is 7.80. The molecule has 130 valence electrons. The predicted molar refractivity (Wildman–Crippen MR) is 103 cm³/mol. The van der Waals surface area contributed by atoms with Crippen molar-refractivity contribution in [2.45, 2.75) is 6.92 Å². The number of carbonyl (C=O) groups excluding carboxylic acids is 2. The lowest BCUT2D eigenvalue weighted by Gasteiger charge is -2.08. The Morgan fingerprint density at radius 2 is 1.62 bits per heavy atom. The third kappa shape index (κ3) is 4.46. The first-order chi connectivity index (χ1) is 12.5. The minimum absolute atomic E-state index is 0.162. The number of hydrogen-bond acceptors (Lipinski definition) is 3. The largest absolute Gasteiger partial charge is 0.322 e. The highest BCUT2D eigenvalue weighted by Crippen LogP contribution is 2.15. The van der Waals surface area contributed by atoms with Gasteiger partial charge in [0.25, 0.3) is 11.8 Å². The fourth-order valence-corrected chi connectivity index (χ4v) is 2.48. The molecular weight excluding hydrogens is 350 g/mol. The van der Waals surface area contributed by atoms with Crippen molar-refractivity contribution >= 4 is 34.8 Å². The molecular formula is C20H16ClN3O2. The standard InChI is InChI=1S/C20H16ClN3O2/c1-13-3-2-4-17(11-13)24-20(26)18-12-14(9-10-22-18)19(25)23-16-7-5-15(21)6-8-16/h2-12H,1H3,(H,23,25)(H,24,26). The summed E-state index contributed by atoms with van der Waals surface area (Å²) in [5.41, 5.74) is 2.82. The third-order valence-corrected chi connectivity index (χ3v) is 3.88. The Bertz CT molecular complexity index is 955. The van der Waals surface area contributed by atoms with Gasteiger partial charge in [0.1, 0.15) is 5.69 Å². The van der Waals surface area contributed by atoms with Crippen molar-refractivity contribution in [2.75, 3.05) is 10.6 Å². The van der Waals surface area contributed by atoms with E-state index in [1.165, 1.54) is 12.3 Å². The van der Waals surface area contributed by atoms with Gasteiger partial charge in [0.2, 0.25) is 0 Å². The summed E-state index contributed by atoms with van der Waals surface area (Å²) < 4.78 is 0. The van der Waals surface area contributed by atoms with Crippen LogP contribution in [-0.2, 0) is 0 Å². The molecule has 0 aliphatic rings. The molecule has 6 heteroatoms. The van der Waals surface area contributed by atoms with Crippen molar-refractivity contribution < 1.29 is 9.59 Å². The summed E-state index contributed by atoms with van der Waals surface area (Å²) in [6, 6.07) is 17.2. The number of anilines is 2. The van der Waals surface area contributed by atoms with Crippen LogP contribution in [0.4, 0.5) is 11.4 Å². The van der Waals surface area contributed by atoms with Crippen molar-refractivity contribution in [1.29, 1.82) is 0 Å². The Balaban J connectivity index is 1.73. The van der Waals surface area contributed by atoms with Crippen LogP contribution in [0.15, 0.2) is 66.9 Å². The SMILES string of the molecule is Cc1cccc(NC(=O)c2cc(C(=O)Nc3ccc(Cl)cc3)ccn2)c1. The fraction of sp³-hybridized carbons (Fsp3) is 0.0500. The lowest BCUT2D eigenvalue weighted by Crippen LogP contribution is -2.17. The maximum atomic E-state index is 12.4. The molecule has 0 fully saturated rings. The van der Waals surface area contributed by atoms with E-state index >= 15 is 0 Å². The van der Waals surface area contributed by atoms with Gasteiger partial charge < -0.3 is 10.6 Å². The molecule has 0 aliphatic heterocycles. The number of rotatable bonds is 4. The highest BCUT2D eigenvalue weighted by Gasteiger charge is 2.12. The molecule has 5 nitrogen and oxygen atoms in total. The Morgan fingerprint density at radius 3 is 2.35 bits per heavy atom. The zero-order chi connectivity index (χ0) is 18.5. The Hall–Kier alpha value is -3.18. The molecule has 0 spiro atoms. The van der Waals surface area contributed by atoms with E-state index < -0.39 is 0 Å². The first-order valence-corrected chi connectivity index (χ1v) is 8.30. The summed E-state index contributed by atoms with van der Waals surface area (Å²) in [4.78, 5) is 28.8. The summed E-state index contributed by atoms with van der Waals surface area (Å²) in [6.07, 6.45) is 1.43. The maximum absolute atomic E-state index is 12.4. The molecule has 3 rings (SSSR count). The van der Waals surface area contributed by atoms with Crippen molar-refractivity contribution in [1.82, 2.24) is 4.98 Å². The number of nitrogens with zero attached hydrogens (tertiary/aromatic N) is 1. The van der Waals surface area contributed by atoms with Crippen LogP contribution in [0, 0.1) is 6.92 Å². The molecule has 0 saturated carbocycles. The van der Waals surface area contributed by atoms with E-state index in [-0.39, 0.29) is 17.5 Å². The predicted octanol–water partition coefficient (Wildman–Crippen LogP) is 4.55. The molecule has 0 saturated heterocycles. The number of benzene rings is 2. The minimum Gasteiger partial charge on any atom is -0.322 e. The van der Waals surface area contributed by atoms with Gasteiger partial charge in [-0.2, -0.15) is 0 Å². The van der Waals surface area contributed by atoms with Crippen molar-refractivity contribution in [2.24, 2.45) is 0 Å². The van der Waals surface area contributed by atoms with Crippen molar-refractivity contribution in [3.8, 4) is 0 Å². The summed E-state index contributed by atoms with van der Waals surface area (Å²) in [5.74, 6) is -0.712. The normalized spacial score (nSPS) is 10.2. The maximum Gasteiger partial charge on any atom is 0.274 e. The number of aromatic nitrogens is 1. The molecule has 2 amide bonds. The number of halogens is 1. The van der Waals surface area contributed by atoms with Gasteiger partial charge in [0, 0.05) is 28.2 Å². The van der Waals surface area contributed by atoms with E-state index in [0.717, 1.165) is 5.56 Å². The smallest absolute Gasteiger partial charge is 0.274 e. The molecule has 0 atom stereocenters. The minimum atomic E-state index is -0.378. The summed E-state index contributed by atoms with van der Waals surface area (Å²) in [6.45, 7) is 1.94. The summed E-state index contributed by atoms with van der Waals surface area (Å²) >= 11 is 5.83. The van der Waals surface area contributed by atoms with Gasteiger partial charge in [0.15, 0.2) is 0 Å². The van der Waals surface area contributed by atoms with E-state index in [9.17, 15) is 9.59 Å². The highest BCUT2D eigenvalue weighted by molar-refractivity contribution is 6.30. The first-order valence-electron chi connectivity index (χ1n) is 7.92. The lowest BCUT2D eigenvalue weighted by molar-refractivity contribution is 0.102. The molecule has 0 bridgehead atoms. The van der Waals surface area contributed by atoms with Crippen LogP contribution in [0.1, 0.15) is 26.4 Å². The van der Waals surface area contributed by atoms with Gasteiger partial charge in [-0.15, -0.1) is 0 Å². The van der Waals surface area contributed by atoms with Gasteiger partial charge in [-0.05, 0) is 61.0 Å². The molecule has 2 N–H and O–H groups in total. The van der Waals surface area contributed by atoms with E-state index in [1.807, 2.05) is 25.1 Å². The lowest BCUT2D eigenvalue weighted by atomic mass is 10.2. The van der Waals surface area contributed by atoms with Crippen molar-refractivity contribution in [3.63, 3.8) is 0 Å². The van der Waals surface area contributed by atoms with Crippen LogP contribution in [0.2, 0.25) is 5.02 Å². The van der Waals surface area contributed by atoms with Crippen LogP contribution in [-0.4, -0.2) is 16.8 Å². The van der Waals surface area contributed by atoms with Crippen LogP contribution in [0.5, 0.6) is 0 Å². The van der Waals surface area contributed by atoms with E-state index in [4.69, 9.17) is 11.6 Å². The van der Waals surface area contributed by atoms with Crippen molar-refractivity contribution in [3.05, 3.63) is 88.7 Å². The summed E-state index contributed by atoms with van der Waals surface area (Å²) in [5, 5.41) is 6.11. The zero-order valence-electron chi connectivity index (χ0n) is 14.0. The number of carbonyl (C=O) groups is 2. The average Bonchev–Trinajstić information content (AvgIpc) is 2.64. The second-order valence-electron chi connectivity index (χ2n) is 5.71. The van der Waals surface area contributed by atoms with Crippen LogP contribution >= 0.6 is 11.6 Å². The van der Waals surface area contributed by atoms with Gasteiger partial charge in [-0.3, -0.25) is 14.6 Å². The molecule has 3 aromatic rings. The van der Waals surface area contributed by atoms with E-state index in [2.05, 4.69) is 15.6 Å². The molecule has 1 heterocycles. The summed E-state index contributed by atoms with van der Waals surface area (Å²) in [7, 11) is 0. The van der Waals surface area contributed by atoms with E-state index in [1.54, 1.807) is 36.4 Å². The molecule has 1 aromatic heterocycles. The number of aryl methyl sites for hydroxylation is 1. The van der Waals surface area contributed by atoms with E-state index in [0.29, 0.717) is 22.0 Å². The van der Waals surface area contributed by atoms with Gasteiger partial charge in [0.05, 0.1) is 0 Å². The fourth-order valence-electron chi connectivity index (χ4n) is 2.35. The average molecular weight is 366 g/mol. The number of nitrogens with one attached hydrogen (secondary N) is 2. The van der Waals surface area contributed by atoms with Crippen LogP contribution < -0.4 is 10.6 Å². The Kier molecular flexibility index (Phi) is 5.29. The topological polar surface area (TPSA) is 71.1 Å². The van der Waals surface area contributed by atoms with Gasteiger partial charge >= 0.3 is 0 Å². The number of hydrogen-bond donors (Lipinski definition) is 2. The number of amides is 2. The monoisotopic (exact) mass is 365 g/mol.